The van der Waals surface area contributed by atoms with Crippen LogP contribution in [0.2, 0.25) is 0 Å². The predicted molar refractivity (Wildman–Crippen MR) is 54.7 cm³/mol. The minimum Gasteiger partial charge on any atom is -0.480 e. The van der Waals surface area contributed by atoms with Crippen molar-refractivity contribution in [2.45, 2.75) is 12.1 Å². The summed E-state index contributed by atoms with van der Waals surface area (Å²) in [6.45, 7) is 0. The summed E-state index contributed by atoms with van der Waals surface area (Å²) in [4.78, 5) is 10.5. The van der Waals surface area contributed by atoms with E-state index >= 15 is 0 Å². The summed E-state index contributed by atoms with van der Waals surface area (Å²) in [7, 11) is 0. The Hall–Kier alpha value is -0.980. The molecule has 2 atom stereocenters. The van der Waals surface area contributed by atoms with Crippen LogP contribution in [0.25, 0.3) is 0 Å². The highest BCUT2D eigenvalue weighted by Gasteiger charge is 2.25. The molecule has 0 aliphatic carbocycles. The van der Waals surface area contributed by atoms with E-state index in [4.69, 9.17) is 10.8 Å². The van der Waals surface area contributed by atoms with E-state index in [1.165, 1.54) is 12.1 Å². The topological polar surface area (TPSA) is 83.6 Å². The van der Waals surface area contributed by atoms with Crippen LogP contribution in [0, 0.1) is 5.82 Å². The molecule has 0 aliphatic rings. The lowest BCUT2D eigenvalue weighted by Gasteiger charge is -2.16. The maximum Gasteiger partial charge on any atom is 0.323 e. The highest BCUT2D eigenvalue weighted by molar-refractivity contribution is 9.10. The fourth-order valence-electron chi connectivity index (χ4n) is 1.07. The Kier molecular flexibility index (Phi) is 3.78. The Morgan fingerprint density at radius 2 is 2.13 bits per heavy atom. The van der Waals surface area contributed by atoms with E-state index in [0.717, 1.165) is 6.07 Å². The van der Waals surface area contributed by atoms with Crippen molar-refractivity contribution in [2.75, 3.05) is 0 Å². The van der Waals surface area contributed by atoms with Gasteiger partial charge in [0.15, 0.2) is 0 Å². The first-order valence-electron chi connectivity index (χ1n) is 4.05. The quantitative estimate of drug-likeness (QED) is 0.771. The summed E-state index contributed by atoms with van der Waals surface area (Å²) < 4.78 is 13.8. The van der Waals surface area contributed by atoms with Crippen LogP contribution in [0.3, 0.4) is 0 Å². The molecule has 0 saturated heterocycles. The van der Waals surface area contributed by atoms with Crippen molar-refractivity contribution in [1.29, 1.82) is 0 Å². The zero-order valence-electron chi connectivity index (χ0n) is 7.52. The van der Waals surface area contributed by atoms with Crippen molar-refractivity contribution >= 4 is 21.9 Å². The number of carboxylic acids is 1. The maximum absolute atomic E-state index is 13.2. The number of aliphatic carboxylic acids is 1. The highest BCUT2D eigenvalue weighted by atomic mass is 79.9. The molecule has 1 aromatic rings. The molecule has 4 N–H and O–H groups in total. The first-order valence-corrected chi connectivity index (χ1v) is 4.84. The van der Waals surface area contributed by atoms with Crippen molar-refractivity contribution in [1.82, 2.24) is 0 Å². The second-order valence-electron chi connectivity index (χ2n) is 2.97. The number of rotatable bonds is 3. The summed E-state index contributed by atoms with van der Waals surface area (Å²) in [5, 5.41) is 18.1. The zero-order chi connectivity index (χ0) is 11.6. The molecule has 0 bridgehead atoms. The molecule has 1 rings (SSSR count). The summed E-state index contributed by atoms with van der Waals surface area (Å²) in [5.41, 5.74) is 5.04. The van der Waals surface area contributed by atoms with Gasteiger partial charge in [0, 0.05) is 10.0 Å². The molecule has 0 amide bonds. The van der Waals surface area contributed by atoms with Gasteiger partial charge in [-0.25, -0.2) is 4.39 Å². The van der Waals surface area contributed by atoms with Gasteiger partial charge in [0.05, 0.1) is 0 Å². The van der Waals surface area contributed by atoms with Gasteiger partial charge in [0.2, 0.25) is 0 Å². The Morgan fingerprint density at radius 3 is 2.67 bits per heavy atom. The number of hydrogen-bond donors (Lipinski definition) is 3. The van der Waals surface area contributed by atoms with Crippen molar-refractivity contribution in [2.24, 2.45) is 5.73 Å². The van der Waals surface area contributed by atoms with Gasteiger partial charge in [-0.1, -0.05) is 15.9 Å². The first kappa shape index (κ1) is 12.1. The minimum atomic E-state index is -1.57. The fourth-order valence-corrected chi connectivity index (χ4v) is 1.45. The van der Waals surface area contributed by atoms with Gasteiger partial charge in [-0.3, -0.25) is 4.79 Å². The lowest BCUT2D eigenvalue weighted by Crippen LogP contribution is -2.36. The lowest BCUT2D eigenvalue weighted by atomic mass is 10.0. The molecule has 0 aromatic heterocycles. The van der Waals surface area contributed by atoms with Crippen molar-refractivity contribution in [3.8, 4) is 0 Å². The largest absolute Gasteiger partial charge is 0.480 e. The molecule has 0 radical (unpaired) electrons. The molecule has 1 aromatic carbocycles. The van der Waals surface area contributed by atoms with Gasteiger partial charge >= 0.3 is 5.97 Å². The van der Waals surface area contributed by atoms with Crippen LogP contribution in [0.4, 0.5) is 4.39 Å². The number of aliphatic hydroxyl groups excluding tert-OH is 1. The normalized spacial score (nSPS) is 14.7. The van der Waals surface area contributed by atoms with Crippen LogP contribution in [-0.4, -0.2) is 22.2 Å². The second kappa shape index (κ2) is 4.69. The number of carbonyl (C=O) groups is 1. The summed E-state index contributed by atoms with van der Waals surface area (Å²) >= 11 is 3.08. The highest BCUT2D eigenvalue weighted by Crippen LogP contribution is 2.23. The van der Waals surface area contributed by atoms with E-state index in [-0.39, 0.29) is 5.56 Å². The first-order chi connectivity index (χ1) is 6.93. The van der Waals surface area contributed by atoms with E-state index in [1.807, 2.05) is 0 Å². The smallest absolute Gasteiger partial charge is 0.323 e. The molecule has 0 heterocycles. The number of benzene rings is 1. The van der Waals surface area contributed by atoms with E-state index < -0.39 is 23.9 Å². The average molecular weight is 278 g/mol. The van der Waals surface area contributed by atoms with Crippen molar-refractivity contribution in [3.05, 3.63) is 34.1 Å². The molecule has 0 spiro atoms. The SMILES string of the molecule is NC(C(=O)O)C(O)c1cc(Br)ccc1F. The van der Waals surface area contributed by atoms with E-state index in [9.17, 15) is 14.3 Å². The standard InChI is InChI=1S/C9H9BrFNO3/c10-4-1-2-6(11)5(3-4)8(13)7(12)9(14)15/h1-3,7-8,13H,12H2,(H,14,15). The van der Waals surface area contributed by atoms with Gasteiger partial charge in [0.25, 0.3) is 0 Å². The molecule has 4 nitrogen and oxygen atoms in total. The Morgan fingerprint density at radius 1 is 1.53 bits per heavy atom. The Bertz CT molecular complexity index is 386. The van der Waals surface area contributed by atoms with E-state index in [2.05, 4.69) is 15.9 Å². The number of nitrogens with two attached hydrogens (primary N) is 1. The number of aliphatic hydroxyl groups is 1. The second-order valence-corrected chi connectivity index (χ2v) is 3.89. The van der Waals surface area contributed by atoms with E-state index in [0.29, 0.717) is 4.47 Å². The van der Waals surface area contributed by atoms with Crippen molar-refractivity contribution in [3.63, 3.8) is 0 Å². The molecule has 0 fully saturated rings. The van der Waals surface area contributed by atoms with Gasteiger partial charge < -0.3 is 15.9 Å². The summed E-state index contributed by atoms with van der Waals surface area (Å²) in [5.74, 6) is -2.08. The third-order valence-electron chi connectivity index (χ3n) is 1.90. The van der Waals surface area contributed by atoms with E-state index in [1.54, 1.807) is 0 Å². The molecule has 82 valence electrons. The number of carboxylic acid groups (broad SMARTS) is 1. The molecule has 2 unspecified atom stereocenters. The van der Waals surface area contributed by atoms with Gasteiger partial charge in [-0.15, -0.1) is 0 Å². The van der Waals surface area contributed by atoms with Crippen molar-refractivity contribution < 1.29 is 19.4 Å². The number of halogens is 2. The molecule has 0 aliphatic heterocycles. The lowest BCUT2D eigenvalue weighted by molar-refractivity contribution is -0.141. The van der Waals surface area contributed by atoms with Crippen LogP contribution in [0.5, 0.6) is 0 Å². The van der Waals surface area contributed by atoms with Crippen LogP contribution in [0.1, 0.15) is 11.7 Å². The Labute approximate surface area is 93.6 Å². The monoisotopic (exact) mass is 277 g/mol. The average Bonchev–Trinajstić information content (AvgIpc) is 2.19. The van der Waals surface area contributed by atoms with Crippen LogP contribution >= 0.6 is 15.9 Å². The number of hydrogen-bond acceptors (Lipinski definition) is 3. The van der Waals surface area contributed by atoms with Crippen LogP contribution in [-0.2, 0) is 4.79 Å². The minimum absolute atomic E-state index is 0.140. The predicted octanol–water partition coefficient (Wildman–Crippen LogP) is 1.03. The molecular formula is C9H9BrFNO3. The van der Waals surface area contributed by atoms with Crippen LogP contribution < -0.4 is 5.73 Å². The summed E-state index contributed by atoms with van der Waals surface area (Å²) in [6, 6.07) is 2.31. The van der Waals surface area contributed by atoms with Gasteiger partial charge in [-0.05, 0) is 18.2 Å². The van der Waals surface area contributed by atoms with Crippen LogP contribution in [0.15, 0.2) is 22.7 Å². The molecular weight excluding hydrogens is 269 g/mol. The zero-order valence-corrected chi connectivity index (χ0v) is 9.11. The Balaban J connectivity index is 3.04. The molecule has 6 heteroatoms. The van der Waals surface area contributed by atoms with Gasteiger partial charge in [-0.2, -0.15) is 0 Å². The third-order valence-corrected chi connectivity index (χ3v) is 2.40. The third kappa shape index (κ3) is 2.74. The maximum atomic E-state index is 13.2. The molecule has 0 saturated carbocycles. The summed E-state index contributed by atoms with van der Waals surface area (Å²) in [6.07, 6.45) is -1.57. The molecule has 15 heavy (non-hydrogen) atoms. The fraction of sp³-hybridized carbons (Fsp3) is 0.222. The van der Waals surface area contributed by atoms with Gasteiger partial charge in [0.1, 0.15) is 18.0 Å².